The number of hydrogen-bond donors (Lipinski definition) is 0. The second-order valence-electron chi connectivity index (χ2n) is 7.15. The second-order valence-corrected chi connectivity index (χ2v) is 7.15. The summed E-state index contributed by atoms with van der Waals surface area (Å²) in [4.78, 5) is 9.01. The van der Waals surface area contributed by atoms with Crippen molar-refractivity contribution in [1.29, 1.82) is 0 Å². The van der Waals surface area contributed by atoms with Crippen molar-refractivity contribution in [2.75, 3.05) is 14.2 Å². The normalized spacial score (nSPS) is 11.1. The number of aliphatic imine (C=N–C) groups is 2. The number of nitrogens with zero attached hydrogens (tertiary/aromatic N) is 2. The molecule has 5 nitrogen and oxygen atoms in total. The highest BCUT2D eigenvalue weighted by atomic mass is 16.5. The van der Waals surface area contributed by atoms with E-state index < -0.39 is 0 Å². The quantitative estimate of drug-likeness (QED) is 0.280. The van der Waals surface area contributed by atoms with Crippen LogP contribution in [0.4, 0.5) is 11.4 Å². The molecular formula is C28H24N2O3. The number of rotatable bonds is 8. The monoisotopic (exact) mass is 436 g/mol. The largest absolute Gasteiger partial charge is 0.497 e. The first-order valence-electron chi connectivity index (χ1n) is 10.5. The van der Waals surface area contributed by atoms with Gasteiger partial charge in [0.1, 0.15) is 23.0 Å². The Morgan fingerprint density at radius 1 is 0.455 bits per heavy atom. The molecule has 5 heteroatoms. The molecule has 4 rings (SSSR count). The van der Waals surface area contributed by atoms with E-state index in [0.29, 0.717) is 0 Å². The lowest BCUT2D eigenvalue weighted by molar-refractivity contribution is 0.414. The number of hydrogen-bond acceptors (Lipinski definition) is 5. The third-order valence-corrected chi connectivity index (χ3v) is 4.87. The van der Waals surface area contributed by atoms with Gasteiger partial charge in [0.25, 0.3) is 0 Å². The van der Waals surface area contributed by atoms with Crippen LogP contribution in [0.3, 0.4) is 0 Å². The molecule has 0 N–H and O–H groups in total. The molecule has 0 unspecified atom stereocenters. The van der Waals surface area contributed by atoms with Crippen molar-refractivity contribution >= 4 is 23.8 Å². The van der Waals surface area contributed by atoms with E-state index in [2.05, 4.69) is 9.98 Å². The Bertz CT molecular complexity index is 1110. The Hall–Kier alpha value is -4.38. The van der Waals surface area contributed by atoms with Crippen molar-refractivity contribution in [1.82, 2.24) is 0 Å². The van der Waals surface area contributed by atoms with Crippen molar-refractivity contribution in [2.24, 2.45) is 9.98 Å². The first-order chi connectivity index (χ1) is 16.2. The van der Waals surface area contributed by atoms with E-state index in [-0.39, 0.29) is 0 Å². The standard InChI is InChI=1S/C28H24N2O3/c1-31-25-11-3-21(4-12-25)19-29-23-7-15-27(16-8-23)33-28-17-9-24(10-18-28)30-20-22-5-13-26(32-2)14-6-22/h3-20H,1-2H3. The van der Waals surface area contributed by atoms with Crippen LogP contribution in [0, 0.1) is 0 Å². The van der Waals surface area contributed by atoms with E-state index in [1.807, 2.05) is 109 Å². The van der Waals surface area contributed by atoms with Gasteiger partial charge in [0.15, 0.2) is 0 Å². The van der Waals surface area contributed by atoms with Gasteiger partial charge in [-0.05, 0) is 108 Å². The van der Waals surface area contributed by atoms with Gasteiger partial charge in [0, 0.05) is 12.4 Å². The van der Waals surface area contributed by atoms with Gasteiger partial charge in [0.2, 0.25) is 0 Å². The minimum absolute atomic E-state index is 0.743. The molecule has 0 atom stereocenters. The molecule has 0 bridgehead atoms. The van der Waals surface area contributed by atoms with Crippen molar-refractivity contribution < 1.29 is 14.2 Å². The molecule has 0 spiro atoms. The minimum Gasteiger partial charge on any atom is -0.497 e. The molecule has 33 heavy (non-hydrogen) atoms. The number of ether oxygens (including phenoxy) is 3. The molecule has 0 fully saturated rings. The average molecular weight is 437 g/mol. The van der Waals surface area contributed by atoms with Crippen LogP contribution in [-0.2, 0) is 0 Å². The van der Waals surface area contributed by atoms with Crippen molar-refractivity contribution in [3.05, 3.63) is 108 Å². The highest BCUT2D eigenvalue weighted by Gasteiger charge is 1.99. The minimum atomic E-state index is 0.743. The fourth-order valence-corrected chi connectivity index (χ4v) is 3.01. The van der Waals surface area contributed by atoms with Crippen LogP contribution in [0.15, 0.2) is 107 Å². The maximum atomic E-state index is 5.93. The zero-order chi connectivity index (χ0) is 22.9. The number of benzene rings is 4. The van der Waals surface area contributed by atoms with Crippen molar-refractivity contribution in [3.8, 4) is 23.0 Å². The number of methoxy groups -OCH3 is 2. The molecule has 0 heterocycles. The van der Waals surface area contributed by atoms with Gasteiger partial charge in [-0.2, -0.15) is 0 Å². The van der Waals surface area contributed by atoms with Crippen LogP contribution in [-0.4, -0.2) is 26.6 Å². The Kier molecular flexibility index (Phi) is 7.13. The van der Waals surface area contributed by atoms with Gasteiger partial charge >= 0.3 is 0 Å². The van der Waals surface area contributed by atoms with E-state index in [1.54, 1.807) is 14.2 Å². The molecule has 0 saturated carbocycles. The maximum absolute atomic E-state index is 5.93. The van der Waals surface area contributed by atoms with Crippen LogP contribution in [0.2, 0.25) is 0 Å². The van der Waals surface area contributed by atoms with Crippen LogP contribution in [0.5, 0.6) is 23.0 Å². The summed E-state index contributed by atoms with van der Waals surface area (Å²) in [6.45, 7) is 0. The molecular weight excluding hydrogens is 412 g/mol. The summed E-state index contributed by atoms with van der Waals surface area (Å²) in [5.41, 5.74) is 3.71. The third-order valence-electron chi connectivity index (χ3n) is 4.87. The van der Waals surface area contributed by atoms with Gasteiger partial charge in [-0.25, -0.2) is 0 Å². The smallest absolute Gasteiger partial charge is 0.127 e. The van der Waals surface area contributed by atoms with E-state index in [9.17, 15) is 0 Å². The summed E-state index contributed by atoms with van der Waals surface area (Å²) in [6.07, 6.45) is 3.64. The first-order valence-corrected chi connectivity index (χ1v) is 10.5. The van der Waals surface area contributed by atoms with Crippen molar-refractivity contribution in [2.45, 2.75) is 0 Å². The Morgan fingerprint density at radius 2 is 0.788 bits per heavy atom. The molecule has 0 aromatic heterocycles. The molecule has 0 amide bonds. The van der Waals surface area contributed by atoms with E-state index >= 15 is 0 Å². The van der Waals surface area contributed by atoms with Gasteiger partial charge in [-0.1, -0.05) is 0 Å². The summed E-state index contributed by atoms with van der Waals surface area (Å²) in [5.74, 6) is 3.14. The second kappa shape index (κ2) is 10.8. The fraction of sp³-hybridized carbons (Fsp3) is 0.0714. The predicted octanol–water partition coefficient (Wildman–Crippen LogP) is 7.00. The molecule has 0 saturated heterocycles. The molecule has 0 aliphatic rings. The van der Waals surface area contributed by atoms with Crippen LogP contribution < -0.4 is 14.2 Å². The third kappa shape index (κ3) is 6.31. The van der Waals surface area contributed by atoms with Crippen LogP contribution >= 0.6 is 0 Å². The topological polar surface area (TPSA) is 52.4 Å². The maximum Gasteiger partial charge on any atom is 0.127 e. The Morgan fingerprint density at radius 3 is 1.12 bits per heavy atom. The SMILES string of the molecule is COc1ccc(C=Nc2ccc(Oc3ccc(N=Cc4ccc(OC)cc4)cc3)cc2)cc1. The summed E-state index contributed by atoms with van der Waals surface area (Å²) >= 11 is 0. The van der Waals surface area contributed by atoms with E-state index in [1.165, 1.54) is 0 Å². The lowest BCUT2D eigenvalue weighted by Crippen LogP contribution is -1.85. The Labute approximate surface area is 193 Å². The summed E-state index contributed by atoms with van der Waals surface area (Å²) in [6, 6.07) is 30.8. The zero-order valence-corrected chi connectivity index (χ0v) is 18.5. The first kappa shape index (κ1) is 21.8. The van der Waals surface area contributed by atoms with Gasteiger partial charge in [0.05, 0.1) is 25.6 Å². The van der Waals surface area contributed by atoms with Crippen molar-refractivity contribution in [3.63, 3.8) is 0 Å². The molecule has 0 radical (unpaired) electrons. The average Bonchev–Trinajstić information content (AvgIpc) is 2.88. The lowest BCUT2D eigenvalue weighted by Gasteiger charge is -2.06. The molecule has 4 aromatic rings. The van der Waals surface area contributed by atoms with Gasteiger partial charge in [-0.3, -0.25) is 9.98 Å². The predicted molar refractivity (Wildman–Crippen MR) is 133 cm³/mol. The van der Waals surface area contributed by atoms with E-state index in [4.69, 9.17) is 14.2 Å². The molecule has 164 valence electrons. The fourth-order valence-electron chi connectivity index (χ4n) is 3.01. The van der Waals surface area contributed by atoms with Gasteiger partial charge < -0.3 is 14.2 Å². The zero-order valence-electron chi connectivity index (χ0n) is 18.5. The van der Waals surface area contributed by atoms with Gasteiger partial charge in [-0.15, -0.1) is 0 Å². The molecule has 0 aliphatic carbocycles. The van der Waals surface area contributed by atoms with E-state index in [0.717, 1.165) is 45.5 Å². The summed E-state index contributed by atoms with van der Waals surface area (Å²) in [5, 5.41) is 0. The highest BCUT2D eigenvalue weighted by Crippen LogP contribution is 2.26. The van der Waals surface area contributed by atoms with Crippen LogP contribution in [0.25, 0.3) is 0 Å². The lowest BCUT2D eigenvalue weighted by atomic mass is 10.2. The van der Waals surface area contributed by atoms with Crippen LogP contribution in [0.1, 0.15) is 11.1 Å². The molecule has 4 aromatic carbocycles. The highest BCUT2D eigenvalue weighted by molar-refractivity contribution is 5.82. The summed E-state index contributed by atoms with van der Waals surface area (Å²) < 4.78 is 16.3. The molecule has 0 aliphatic heterocycles. The Balaban J connectivity index is 1.33. The summed E-state index contributed by atoms with van der Waals surface area (Å²) in [7, 11) is 3.30.